The molecule has 0 aliphatic heterocycles. The molecule has 0 spiro atoms. The van der Waals surface area contributed by atoms with Crippen LogP contribution in [-0.2, 0) is 11.3 Å². The molecular formula is C17H23N3O3. The van der Waals surface area contributed by atoms with Gasteiger partial charge >= 0.3 is 12.1 Å². The van der Waals surface area contributed by atoms with Gasteiger partial charge in [-0.15, -0.1) is 0 Å². The molecule has 0 saturated carbocycles. The van der Waals surface area contributed by atoms with E-state index in [1.807, 2.05) is 44.2 Å². The maximum absolute atomic E-state index is 12.3. The zero-order chi connectivity index (χ0) is 17.2. The monoisotopic (exact) mass is 317 g/mol. The second-order valence-corrected chi connectivity index (χ2v) is 5.50. The Labute approximate surface area is 137 Å². The number of urea groups is 1. The van der Waals surface area contributed by atoms with Crippen LogP contribution in [0.2, 0.25) is 0 Å². The van der Waals surface area contributed by atoms with Gasteiger partial charge in [0.05, 0.1) is 0 Å². The number of imide groups is 1. The van der Waals surface area contributed by atoms with Crippen LogP contribution >= 0.6 is 0 Å². The van der Waals surface area contributed by atoms with E-state index in [4.69, 9.17) is 10.00 Å². The van der Waals surface area contributed by atoms with Gasteiger partial charge < -0.3 is 4.74 Å². The number of carbonyl (C=O) groups excluding carboxylic acids is 2. The van der Waals surface area contributed by atoms with E-state index in [0.29, 0.717) is 12.3 Å². The molecule has 23 heavy (non-hydrogen) atoms. The number of nitrogens with zero attached hydrogens (tertiary/aromatic N) is 3. The van der Waals surface area contributed by atoms with Gasteiger partial charge in [0.2, 0.25) is 0 Å². The summed E-state index contributed by atoms with van der Waals surface area (Å²) in [6, 6.07) is 8.59. The predicted molar refractivity (Wildman–Crippen MR) is 86.2 cm³/mol. The molecule has 124 valence electrons. The minimum Gasteiger partial charge on any atom is -0.444 e. The maximum atomic E-state index is 12.3. The van der Waals surface area contributed by atoms with Crippen molar-refractivity contribution in [3.05, 3.63) is 35.9 Å². The zero-order valence-corrected chi connectivity index (χ0v) is 13.9. The van der Waals surface area contributed by atoms with Crippen LogP contribution < -0.4 is 0 Å². The molecule has 0 radical (unpaired) electrons. The standard InChI is InChI=1S/C17H23N3O3/c1-4-19(13-18)16(21)20(11-10-14(2)3)17(22)23-12-15-8-6-5-7-9-15/h5-9,14H,4,10-12H2,1-3H3. The van der Waals surface area contributed by atoms with E-state index < -0.39 is 12.1 Å². The minimum atomic E-state index is -0.729. The number of ether oxygens (including phenoxy) is 1. The lowest BCUT2D eigenvalue weighted by Crippen LogP contribution is -2.45. The highest BCUT2D eigenvalue weighted by Gasteiger charge is 2.27. The summed E-state index contributed by atoms with van der Waals surface area (Å²) in [4.78, 5) is 26.5. The SMILES string of the molecule is CCN(C#N)C(=O)N(CCC(C)C)C(=O)OCc1ccccc1. The number of hydrogen-bond donors (Lipinski definition) is 0. The fraction of sp³-hybridized carbons (Fsp3) is 0.471. The maximum Gasteiger partial charge on any atom is 0.418 e. The number of hydrogen-bond acceptors (Lipinski definition) is 4. The zero-order valence-electron chi connectivity index (χ0n) is 13.9. The van der Waals surface area contributed by atoms with Gasteiger partial charge in [-0.25, -0.2) is 19.4 Å². The summed E-state index contributed by atoms with van der Waals surface area (Å²) in [5.41, 5.74) is 0.838. The number of nitriles is 1. The van der Waals surface area contributed by atoms with Gasteiger partial charge in [0.25, 0.3) is 0 Å². The van der Waals surface area contributed by atoms with Gasteiger partial charge in [0, 0.05) is 13.1 Å². The summed E-state index contributed by atoms with van der Waals surface area (Å²) >= 11 is 0. The topological polar surface area (TPSA) is 73.6 Å². The van der Waals surface area contributed by atoms with E-state index in [9.17, 15) is 9.59 Å². The van der Waals surface area contributed by atoms with Crippen LogP contribution in [0.1, 0.15) is 32.8 Å². The highest BCUT2D eigenvalue weighted by Crippen LogP contribution is 2.09. The van der Waals surface area contributed by atoms with Crippen molar-refractivity contribution in [1.29, 1.82) is 5.26 Å². The van der Waals surface area contributed by atoms with E-state index in [1.54, 1.807) is 13.1 Å². The molecular weight excluding hydrogens is 294 g/mol. The quantitative estimate of drug-likeness (QED) is 0.593. The van der Waals surface area contributed by atoms with Gasteiger partial charge in [-0.1, -0.05) is 44.2 Å². The Morgan fingerprint density at radius 3 is 2.43 bits per heavy atom. The third-order valence-electron chi connectivity index (χ3n) is 3.25. The first-order valence-corrected chi connectivity index (χ1v) is 7.69. The third-order valence-corrected chi connectivity index (χ3v) is 3.25. The van der Waals surface area contributed by atoms with Gasteiger partial charge in [-0.05, 0) is 24.8 Å². The Balaban J connectivity index is 2.75. The molecule has 6 heteroatoms. The van der Waals surface area contributed by atoms with Crippen LogP contribution in [-0.4, -0.2) is 35.0 Å². The summed E-state index contributed by atoms with van der Waals surface area (Å²) in [6.45, 7) is 6.20. The van der Waals surface area contributed by atoms with Gasteiger partial charge in [0.15, 0.2) is 6.19 Å². The summed E-state index contributed by atoms with van der Waals surface area (Å²) in [7, 11) is 0. The van der Waals surface area contributed by atoms with Gasteiger partial charge in [-0.3, -0.25) is 0 Å². The average molecular weight is 317 g/mol. The van der Waals surface area contributed by atoms with Crippen LogP contribution in [0.5, 0.6) is 0 Å². The molecule has 0 aliphatic carbocycles. The Bertz CT molecular complexity index is 552. The fourth-order valence-corrected chi connectivity index (χ4v) is 1.84. The Morgan fingerprint density at radius 1 is 1.26 bits per heavy atom. The number of amides is 3. The molecule has 1 aromatic rings. The molecule has 6 nitrogen and oxygen atoms in total. The second kappa shape index (κ2) is 9.46. The van der Waals surface area contributed by atoms with Crippen LogP contribution in [0.25, 0.3) is 0 Å². The van der Waals surface area contributed by atoms with Crippen molar-refractivity contribution in [1.82, 2.24) is 9.80 Å². The lowest BCUT2D eigenvalue weighted by molar-refractivity contribution is 0.0967. The molecule has 0 aliphatic rings. The van der Waals surface area contributed by atoms with Crippen LogP contribution in [0.4, 0.5) is 9.59 Å². The molecule has 1 rings (SSSR count). The molecule has 0 saturated heterocycles. The van der Waals surface area contributed by atoms with Crippen molar-refractivity contribution in [3.63, 3.8) is 0 Å². The first-order valence-electron chi connectivity index (χ1n) is 7.69. The predicted octanol–water partition coefficient (Wildman–Crippen LogP) is 3.59. The molecule has 0 bridgehead atoms. The molecule has 0 unspecified atom stereocenters. The van der Waals surface area contributed by atoms with Crippen LogP contribution in [0.15, 0.2) is 30.3 Å². The Hall–Kier alpha value is -2.55. The fourth-order valence-electron chi connectivity index (χ4n) is 1.84. The first-order chi connectivity index (χ1) is 11.0. The summed E-state index contributed by atoms with van der Waals surface area (Å²) in [5.74, 6) is 0.324. The van der Waals surface area contributed by atoms with Crippen molar-refractivity contribution in [2.45, 2.75) is 33.8 Å². The lowest BCUT2D eigenvalue weighted by Gasteiger charge is -2.24. The first kappa shape index (κ1) is 18.5. The highest BCUT2D eigenvalue weighted by atomic mass is 16.6. The third kappa shape index (κ3) is 5.99. The van der Waals surface area contributed by atoms with E-state index in [0.717, 1.165) is 15.4 Å². The molecule has 0 fully saturated rings. The molecule has 1 aromatic carbocycles. The van der Waals surface area contributed by atoms with Crippen molar-refractivity contribution < 1.29 is 14.3 Å². The van der Waals surface area contributed by atoms with Gasteiger partial charge in [-0.2, -0.15) is 5.26 Å². The van der Waals surface area contributed by atoms with E-state index in [1.165, 1.54) is 0 Å². The minimum absolute atomic E-state index is 0.0871. The normalized spacial score (nSPS) is 10.0. The number of benzene rings is 1. The summed E-state index contributed by atoms with van der Waals surface area (Å²) in [6.07, 6.45) is 1.70. The van der Waals surface area contributed by atoms with Crippen molar-refractivity contribution in [2.24, 2.45) is 5.92 Å². The largest absolute Gasteiger partial charge is 0.444 e. The Kier molecular flexibility index (Phi) is 7.61. The van der Waals surface area contributed by atoms with Crippen molar-refractivity contribution in [2.75, 3.05) is 13.1 Å². The van der Waals surface area contributed by atoms with E-state index >= 15 is 0 Å². The highest BCUT2D eigenvalue weighted by molar-refractivity contribution is 5.91. The van der Waals surface area contributed by atoms with E-state index in [2.05, 4.69) is 0 Å². The number of rotatable bonds is 6. The van der Waals surface area contributed by atoms with Crippen LogP contribution in [0, 0.1) is 17.4 Å². The van der Waals surface area contributed by atoms with E-state index in [-0.39, 0.29) is 19.7 Å². The second-order valence-electron chi connectivity index (χ2n) is 5.50. The summed E-state index contributed by atoms with van der Waals surface area (Å²) < 4.78 is 5.21. The van der Waals surface area contributed by atoms with Crippen molar-refractivity contribution in [3.8, 4) is 6.19 Å². The summed E-state index contributed by atoms with van der Waals surface area (Å²) in [5, 5.41) is 8.99. The molecule has 0 N–H and O–H groups in total. The smallest absolute Gasteiger partial charge is 0.418 e. The van der Waals surface area contributed by atoms with Crippen LogP contribution in [0.3, 0.4) is 0 Å². The molecule has 0 atom stereocenters. The Morgan fingerprint density at radius 2 is 1.91 bits per heavy atom. The number of carbonyl (C=O) groups is 2. The van der Waals surface area contributed by atoms with Crippen molar-refractivity contribution >= 4 is 12.1 Å². The average Bonchev–Trinajstić information content (AvgIpc) is 2.55. The molecule has 0 heterocycles. The van der Waals surface area contributed by atoms with Gasteiger partial charge in [0.1, 0.15) is 6.61 Å². The molecule has 0 aromatic heterocycles. The lowest BCUT2D eigenvalue weighted by atomic mass is 10.1. The molecule has 3 amide bonds.